The first-order valence-corrected chi connectivity index (χ1v) is 20.4. The summed E-state index contributed by atoms with van der Waals surface area (Å²) in [5.41, 5.74) is -0.361. The minimum atomic E-state index is -1.62. The van der Waals surface area contributed by atoms with Crippen molar-refractivity contribution in [2.45, 2.75) is 132 Å². The lowest BCUT2D eigenvalue weighted by Crippen LogP contribution is -2.62. The Morgan fingerprint density at radius 2 is 1.48 bits per heavy atom. The van der Waals surface area contributed by atoms with Crippen LogP contribution in [0.15, 0.2) is 29.3 Å². The second-order valence-electron chi connectivity index (χ2n) is 16.0. The van der Waals surface area contributed by atoms with E-state index >= 15 is 0 Å². The fourth-order valence-electron chi connectivity index (χ4n) is 7.18. The van der Waals surface area contributed by atoms with E-state index in [1.807, 2.05) is 13.8 Å². The molecular weight excluding hydrogens is 775 g/mol. The fraction of sp³-hybridized carbons (Fsp3) is 0.605. The first-order valence-electron chi connectivity index (χ1n) is 19.4. The topological polar surface area (TPSA) is 283 Å². The van der Waals surface area contributed by atoms with Gasteiger partial charge in [-0.05, 0) is 39.3 Å². The third-order valence-corrected chi connectivity index (χ3v) is 11.6. The summed E-state index contributed by atoms with van der Waals surface area (Å²) in [4.78, 5) is 102. The van der Waals surface area contributed by atoms with E-state index in [2.05, 4.69) is 42.2 Å². The Morgan fingerprint density at radius 3 is 2.16 bits per heavy atom. The smallest absolute Gasteiger partial charge is 0.246 e. The predicted molar refractivity (Wildman–Crippen MR) is 212 cm³/mol. The Hall–Kier alpha value is -4.76. The lowest BCUT2D eigenvalue weighted by molar-refractivity contribution is -0.142. The van der Waals surface area contributed by atoms with Gasteiger partial charge < -0.3 is 62.4 Å². The molecule has 0 spiro atoms. The van der Waals surface area contributed by atoms with Gasteiger partial charge in [-0.3, -0.25) is 33.6 Å². The minimum Gasteiger partial charge on any atom is -0.391 e. The summed E-state index contributed by atoms with van der Waals surface area (Å²) in [5.74, 6) is -5.95. The number of aliphatic hydroxyl groups excluding tert-OH is 2. The number of H-pyrrole nitrogens is 1. The Kier molecular flexibility index (Phi) is 14.1. The molecule has 318 valence electrons. The Bertz CT molecular complexity index is 1900. The normalized spacial score (nSPS) is 29.9. The molecule has 3 aliphatic heterocycles. The van der Waals surface area contributed by atoms with E-state index in [0.29, 0.717) is 21.5 Å². The Morgan fingerprint density at radius 1 is 0.845 bits per heavy atom. The van der Waals surface area contributed by atoms with Crippen molar-refractivity contribution < 1.29 is 48.9 Å². The molecule has 2 bridgehead atoms. The number of hydrogen-bond donors (Lipinski definition) is 11. The number of nitrogens with zero attached hydrogens (tertiary/aromatic N) is 1. The van der Waals surface area contributed by atoms with Gasteiger partial charge in [0.15, 0.2) is 0 Å². The standard InChI is InChI=1S/C38H55N9O10S/c1-17(2)39-16-38(6,57)13-26-33(53)40-19(4)31(51)46-29(20(5)48)35(55)44-27-15-58-36-23(22-9-7-8-10-24(22)45-36)12-25(32(52)43-26)42-30(50)18(3)41-34(54)28-11-21(49)14-47(28)37(27)56/h7-10,17-21,25-29,39,45,48-49,57H,11-16H2,1-6H3,(H,40,53)(H,41,54)(H,42,50)(H,43,52)(H,44,55)(H,46,51)/t18-,19-,20-,21-,25-,26-,27-,28-,29+,38+/m0/s1. The number of para-hydroxylation sites is 1. The van der Waals surface area contributed by atoms with Crippen LogP contribution in [0.25, 0.3) is 10.9 Å². The number of aromatic nitrogens is 1. The first kappa shape index (κ1) is 44.3. The fourth-order valence-corrected chi connectivity index (χ4v) is 8.28. The van der Waals surface area contributed by atoms with Crippen LogP contribution in [0, 0.1) is 0 Å². The van der Waals surface area contributed by atoms with Crippen molar-refractivity contribution in [3.63, 3.8) is 0 Å². The molecule has 58 heavy (non-hydrogen) atoms. The van der Waals surface area contributed by atoms with E-state index in [-0.39, 0.29) is 44.1 Å². The van der Waals surface area contributed by atoms with Crippen LogP contribution in [0.5, 0.6) is 0 Å². The van der Waals surface area contributed by atoms with Gasteiger partial charge in [0.05, 0.1) is 22.8 Å². The molecule has 19 nitrogen and oxygen atoms in total. The van der Waals surface area contributed by atoms with Crippen LogP contribution in [0.3, 0.4) is 0 Å². The molecule has 5 rings (SSSR count). The largest absolute Gasteiger partial charge is 0.391 e. The van der Waals surface area contributed by atoms with E-state index < -0.39 is 101 Å². The van der Waals surface area contributed by atoms with Crippen molar-refractivity contribution in [1.29, 1.82) is 0 Å². The lowest BCUT2D eigenvalue weighted by atomic mass is 9.94. The van der Waals surface area contributed by atoms with Gasteiger partial charge in [0.25, 0.3) is 0 Å². The first-order chi connectivity index (χ1) is 27.2. The zero-order chi connectivity index (χ0) is 42.6. The Balaban J connectivity index is 1.67. The summed E-state index contributed by atoms with van der Waals surface area (Å²) in [6.45, 7) is 8.94. The number of carbonyl (C=O) groups is 7. The average Bonchev–Trinajstić information content (AvgIpc) is 3.72. The van der Waals surface area contributed by atoms with Gasteiger partial charge in [-0.1, -0.05) is 32.0 Å². The summed E-state index contributed by atoms with van der Waals surface area (Å²) in [5, 5.41) is 52.6. The van der Waals surface area contributed by atoms with Gasteiger partial charge in [0, 0.05) is 55.0 Å². The van der Waals surface area contributed by atoms with Crippen molar-refractivity contribution >= 4 is 64.0 Å². The molecule has 7 amide bonds. The number of carbonyl (C=O) groups excluding carboxylic acids is 7. The maximum atomic E-state index is 14.5. The van der Waals surface area contributed by atoms with Crippen LogP contribution in [-0.2, 0) is 40.0 Å². The van der Waals surface area contributed by atoms with Crippen LogP contribution < -0.4 is 37.2 Å². The molecule has 0 aliphatic carbocycles. The summed E-state index contributed by atoms with van der Waals surface area (Å²) >= 11 is 1.11. The molecule has 0 unspecified atom stereocenters. The third kappa shape index (κ3) is 10.6. The molecule has 1 saturated heterocycles. The van der Waals surface area contributed by atoms with Crippen molar-refractivity contribution in [2.24, 2.45) is 0 Å². The van der Waals surface area contributed by atoms with Crippen LogP contribution in [0.4, 0.5) is 0 Å². The summed E-state index contributed by atoms with van der Waals surface area (Å²) < 4.78 is 0. The SMILES string of the molecule is CC(C)NC[C@](C)(O)C[C@@H]1NC(=O)[C@@H]2Cc3c([nH]c4ccccc34)SC[C@H](NC(=O)[C@@H]([C@H](C)O)NC(=O)[C@H](C)NC1=O)C(=O)N1C[C@@H](O)C[C@H]1C(=O)N[C@@H](C)C(=O)N2. The number of benzene rings is 1. The molecule has 4 heterocycles. The molecule has 1 aromatic heterocycles. The monoisotopic (exact) mass is 829 g/mol. The molecule has 10 atom stereocenters. The number of rotatable bonds is 6. The number of nitrogens with one attached hydrogen (secondary N) is 8. The average molecular weight is 830 g/mol. The van der Waals surface area contributed by atoms with Crippen LogP contribution in [0.1, 0.15) is 59.9 Å². The highest BCUT2D eigenvalue weighted by atomic mass is 32.2. The van der Waals surface area contributed by atoms with Gasteiger partial charge >= 0.3 is 0 Å². The van der Waals surface area contributed by atoms with E-state index in [1.165, 1.54) is 27.7 Å². The van der Waals surface area contributed by atoms with Crippen molar-refractivity contribution in [3.05, 3.63) is 29.8 Å². The molecule has 0 saturated carbocycles. The van der Waals surface area contributed by atoms with Gasteiger partial charge in [0.2, 0.25) is 41.4 Å². The van der Waals surface area contributed by atoms with Crippen molar-refractivity contribution in [3.8, 4) is 0 Å². The van der Waals surface area contributed by atoms with Crippen molar-refractivity contribution in [1.82, 2.24) is 47.1 Å². The van der Waals surface area contributed by atoms with Crippen molar-refractivity contribution in [2.75, 3.05) is 18.8 Å². The van der Waals surface area contributed by atoms with Gasteiger partial charge in [0.1, 0.15) is 42.3 Å². The molecule has 1 fully saturated rings. The maximum absolute atomic E-state index is 14.5. The minimum absolute atomic E-state index is 0.0256. The van der Waals surface area contributed by atoms with Crippen LogP contribution >= 0.6 is 11.8 Å². The zero-order valence-corrected chi connectivity index (χ0v) is 34.2. The van der Waals surface area contributed by atoms with E-state index in [0.717, 1.165) is 16.7 Å². The third-order valence-electron chi connectivity index (χ3n) is 10.4. The highest BCUT2D eigenvalue weighted by Crippen LogP contribution is 2.32. The number of aliphatic hydroxyl groups is 3. The highest BCUT2D eigenvalue weighted by molar-refractivity contribution is 7.99. The quantitative estimate of drug-likeness (QED) is 0.142. The number of fused-ring (bicyclic) bond motifs is 5. The molecule has 3 aliphatic rings. The number of aromatic amines is 1. The number of thioether (sulfide) groups is 1. The summed E-state index contributed by atoms with van der Waals surface area (Å²) in [6.07, 6.45) is -3.26. The zero-order valence-electron chi connectivity index (χ0n) is 33.4. The molecule has 2 aromatic rings. The maximum Gasteiger partial charge on any atom is 0.246 e. The van der Waals surface area contributed by atoms with Crippen LogP contribution in [0.2, 0.25) is 0 Å². The summed E-state index contributed by atoms with van der Waals surface area (Å²) in [6, 6.07) is -2.53. The highest BCUT2D eigenvalue weighted by Gasteiger charge is 2.44. The molecule has 20 heteroatoms. The van der Waals surface area contributed by atoms with E-state index in [9.17, 15) is 48.9 Å². The molecule has 0 radical (unpaired) electrons. The summed E-state index contributed by atoms with van der Waals surface area (Å²) in [7, 11) is 0. The van der Waals surface area contributed by atoms with Gasteiger partial charge in [-0.25, -0.2) is 0 Å². The second kappa shape index (κ2) is 18.4. The van der Waals surface area contributed by atoms with Gasteiger partial charge in [-0.15, -0.1) is 11.8 Å². The van der Waals surface area contributed by atoms with E-state index in [4.69, 9.17) is 0 Å². The van der Waals surface area contributed by atoms with E-state index in [1.54, 1.807) is 24.3 Å². The number of hydrogen-bond acceptors (Lipinski definition) is 12. The molecule has 1 aromatic carbocycles. The Labute approximate surface area is 339 Å². The van der Waals surface area contributed by atoms with Gasteiger partial charge in [-0.2, -0.15) is 0 Å². The number of amides is 7. The second-order valence-corrected chi connectivity index (χ2v) is 17.0. The van der Waals surface area contributed by atoms with Crippen LogP contribution in [-0.4, -0.2) is 152 Å². The predicted octanol–water partition coefficient (Wildman–Crippen LogP) is -2.74. The molecular formula is C38H55N9O10S. The lowest BCUT2D eigenvalue weighted by Gasteiger charge is -2.32. The molecule has 11 N–H and O–H groups in total.